The highest BCUT2D eigenvalue weighted by atomic mass is 35.5. The van der Waals surface area contributed by atoms with E-state index >= 15 is 0 Å². The fourth-order valence-corrected chi connectivity index (χ4v) is 4.33. The van der Waals surface area contributed by atoms with Crippen molar-refractivity contribution in [2.45, 2.75) is 32.0 Å². The van der Waals surface area contributed by atoms with Gasteiger partial charge in [-0.25, -0.2) is 0 Å². The molecule has 1 fully saturated rings. The molecule has 5 nitrogen and oxygen atoms in total. The van der Waals surface area contributed by atoms with Crippen molar-refractivity contribution in [1.29, 1.82) is 0 Å². The molecule has 0 saturated carbocycles. The number of carbonyl (C=O) groups is 1. The van der Waals surface area contributed by atoms with E-state index in [-0.39, 0.29) is 18.3 Å². The number of fused-ring (bicyclic) bond motifs is 3. The van der Waals surface area contributed by atoms with Crippen LogP contribution in [-0.4, -0.2) is 33.7 Å². The Morgan fingerprint density at radius 3 is 2.24 bits per heavy atom. The van der Waals surface area contributed by atoms with E-state index in [9.17, 15) is 4.79 Å². The Morgan fingerprint density at radius 2 is 1.62 bits per heavy atom. The van der Waals surface area contributed by atoms with E-state index in [2.05, 4.69) is 46.8 Å². The molecule has 1 aromatic heterocycles. The molecule has 0 radical (unpaired) electrons. The number of halogens is 1. The van der Waals surface area contributed by atoms with E-state index in [0.29, 0.717) is 24.8 Å². The standard InChI is InChI=1S/C23H24N4O.ClH/c28-23(22-11-13-27(25-22)19-8-5-12-24-14-19)26-15-17-6-1-3-9-20(17)21-10-4-2-7-18(21)16-26;/h1-4,6-7,9-11,13,19,24H,5,8,12,14-16H2;1H. The summed E-state index contributed by atoms with van der Waals surface area (Å²) in [5.41, 5.74) is 5.32. The highest BCUT2D eigenvalue weighted by Gasteiger charge is 2.25. The van der Waals surface area contributed by atoms with Crippen LogP contribution in [0.15, 0.2) is 60.8 Å². The van der Waals surface area contributed by atoms with Gasteiger partial charge < -0.3 is 10.2 Å². The molecule has 2 aromatic carbocycles. The van der Waals surface area contributed by atoms with Crippen molar-refractivity contribution in [3.05, 3.63) is 77.6 Å². The molecule has 0 bridgehead atoms. The van der Waals surface area contributed by atoms with E-state index in [1.165, 1.54) is 22.3 Å². The van der Waals surface area contributed by atoms with Crippen molar-refractivity contribution in [2.24, 2.45) is 0 Å². The maximum Gasteiger partial charge on any atom is 0.274 e. The first kappa shape index (κ1) is 19.7. The Hall–Kier alpha value is -2.63. The molecule has 1 amide bonds. The fourth-order valence-electron chi connectivity index (χ4n) is 4.33. The Labute approximate surface area is 177 Å². The van der Waals surface area contributed by atoms with Gasteiger partial charge in [-0.3, -0.25) is 9.48 Å². The van der Waals surface area contributed by atoms with E-state index in [1.807, 2.05) is 34.0 Å². The Bertz CT molecular complexity index is 962. The molecule has 2 aliphatic heterocycles. The molecule has 6 heteroatoms. The predicted molar refractivity (Wildman–Crippen MR) is 116 cm³/mol. The van der Waals surface area contributed by atoms with E-state index < -0.39 is 0 Å². The van der Waals surface area contributed by atoms with Crippen LogP contribution in [0.4, 0.5) is 0 Å². The number of carbonyl (C=O) groups excluding carboxylic acids is 1. The maximum atomic E-state index is 13.3. The van der Waals surface area contributed by atoms with Gasteiger partial charge in [0.1, 0.15) is 5.69 Å². The van der Waals surface area contributed by atoms with E-state index in [0.717, 1.165) is 25.9 Å². The van der Waals surface area contributed by atoms with Gasteiger partial charge in [-0.1, -0.05) is 48.5 Å². The van der Waals surface area contributed by atoms with Gasteiger partial charge in [0.25, 0.3) is 5.91 Å². The van der Waals surface area contributed by atoms with Gasteiger partial charge in [0.15, 0.2) is 0 Å². The third kappa shape index (κ3) is 3.80. The first-order valence-corrected chi connectivity index (χ1v) is 10.0. The zero-order valence-electron chi connectivity index (χ0n) is 16.3. The minimum absolute atomic E-state index is 0. The fraction of sp³-hybridized carbons (Fsp3) is 0.304. The zero-order valence-corrected chi connectivity index (χ0v) is 17.1. The molecule has 3 aromatic rings. The lowest BCUT2D eigenvalue weighted by atomic mass is 9.97. The van der Waals surface area contributed by atoms with Crippen LogP contribution in [0, 0.1) is 0 Å². The predicted octanol–water partition coefficient (Wildman–Crippen LogP) is 4.05. The lowest BCUT2D eigenvalue weighted by Gasteiger charge is -2.23. The normalized spacial score (nSPS) is 18.2. The Kier molecular flexibility index (Phi) is 5.69. The lowest BCUT2D eigenvalue weighted by Crippen LogP contribution is -2.32. The third-order valence-electron chi connectivity index (χ3n) is 5.81. The summed E-state index contributed by atoms with van der Waals surface area (Å²) in [5, 5.41) is 8.05. The van der Waals surface area contributed by atoms with Crippen molar-refractivity contribution in [1.82, 2.24) is 20.0 Å². The second kappa shape index (κ2) is 8.39. The summed E-state index contributed by atoms with van der Waals surface area (Å²) in [5.74, 6) is -0.00553. The number of nitrogens with one attached hydrogen (secondary N) is 1. The van der Waals surface area contributed by atoms with Crippen LogP contribution in [0.2, 0.25) is 0 Å². The molecule has 1 unspecified atom stereocenters. The van der Waals surface area contributed by atoms with E-state index in [1.54, 1.807) is 0 Å². The molecule has 29 heavy (non-hydrogen) atoms. The van der Waals surface area contributed by atoms with Gasteiger partial charge in [-0.05, 0) is 47.7 Å². The molecule has 1 saturated heterocycles. The summed E-state index contributed by atoms with van der Waals surface area (Å²) in [4.78, 5) is 15.2. The number of amides is 1. The van der Waals surface area contributed by atoms with Crippen molar-refractivity contribution in [3.8, 4) is 11.1 Å². The summed E-state index contributed by atoms with van der Waals surface area (Å²) in [6.07, 6.45) is 4.20. The van der Waals surface area contributed by atoms with Crippen molar-refractivity contribution in [3.63, 3.8) is 0 Å². The minimum atomic E-state index is -0.00553. The highest BCUT2D eigenvalue weighted by Crippen LogP contribution is 2.32. The maximum absolute atomic E-state index is 13.3. The summed E-state index contributed by atoms with van der Waals surface area (Å²) in [6, 6.07) is 18.9. The zero-order chi connectivity index (χ0) is 18.9. The Morgan fingerprint density at radius 1 is 0.966 bits per heavy atom. The van der Waals surface area contributed by atoms with Crippen LogP contribution in [0.1, 0.15) is 40.5 Å². The van der Waals surface area contributed by atoms with Gasteiger partial charge in [0.2, 0.25) is 0 Å². The van der Waals surface area contributed by atoms with Crippen LogP contribution in [-0.2, 0) is 13.1 Å². The topological polar surface area (TPSA) is 50.2 Å². The molecular formula is C23H25ClN4O. The first-order valence-electron chi connectivity index (χ1n) is 10.0. The lowest BCUT2D eigenvalue weighted by molar-refractivity contribution is 0.0724. The average molecular weight is 409 g/mol. The highest BCUT2D eigenvalue weighted by molar-refractivity contribution is 5.92. The van der Waals surface area contributed by atoms with Crippen molar-refractivity contribution in [2.75, 3.05) is 13.1 Å². The molecule has 1 N–H and O–H groups in total. The number of hydrogen-bond acceptors (Lipinski definition) is 3. The van der Waals surface area contributed by atoms with Crippen LogP contribution in [0.25, 0.3) is 11.1 Å². The number of piperidine rings is 1. The smallest absolute Gasteiger partial charge is 0.274 e. The SMILES string of the molecule is Cl.O=C(c1ccn(C2CCCNC2)n1)N1Cc2ccccc2-c2ccccc2C1. The summed E-state index contributed by atoms with van der Waals surface area (Å²) in [6.45, 7) is 3.18. The first-order chi connectivity index (χ1) is 13.8. The van der Waals surface area contributed by atoms with Gasteiger partial charge in [0, 0.05) is 25.8 Å². The third-order valence-corrected chi connectivity index (χ3v) is 5.81. The minimum Gasteiger partial charge on any atom is -0.329 e. The second-order valence-electron chi connectivity index (χ2n) is 7.66. The van der Waals surface area contributed by atoms with Crippen LogP contribution >= 0.6 is 12.4 Å². The van der Waals surface area contributed by atoms with Gasteiger partial charge >= 0.3 is 0 Å². The molecule has 2 aliphatic rings. The number of aromatic nitrogens is 2. The molecule has 5 rings (SSSR count). The number of nitrogens with zero attached hydrogens (tertiary/aromatic N) is 3. The largest absolute Gasteiger partial charge is 0.329 e. The van der Waals surface area contributed by atoms with Crippen LogP contribution < -0.4 is 5.32 Å². The van der Waals surface area contributed by atoms with Crippen molar-refractivity contribution >= 4 is 18.3 Å². The van der Waals surface area contributed by atoms with Crippen LogP contribution in [0.3, 0.4) is 0 Å². The molecule has 150 valence electrons. The second-order valence-corrected chi connectivity index (χ2v) is 7.66. The summed E-state index contributed by atoms with van der Waals surface area (Å²) < 4.78 is 1.96. The molecular weight excluding hydrogens is 384 g/mol. The molecule has 1 atom stereocenters. The molecule has 0 spiro atoms. The summed E-state index contributed by atoms with van der Waals surface area (Å²) >= 11 is 0. The van der Waals surface area contributed by atoms with Gasteiger partial charge in [0.05, 0.1) is 6.04 Å². The quantitative estimate of drug-likeness (QED) is 0.695. The van der Waals surface area contributed by atoms with E-state index in [4.69, 9.17) is 0 Å². The Balaban J connectivity index is 0.00000205. The van der Waals surface area contributed by atoms with Crippen LogP contribution in [0.5, 0.6) is 0 Å². The molecule has 0 aliphatic carbocycles. The van der Waals surface area contributed by atoms with Crippen molar-refractivity contribution < 1.29 is 4.79 Å². The average Bonchev–Trinajstić information content (AvgIpc) is 3.18. The number of benzene rings is 2. The van der Waals surface area contributed by atoms with Gasteiger partial charge in [-0.15, -0.1) is 12.4 Å². The number of rotatable bonds is 2. The van der Waals surface area contributed by atoms with Gasteiger partial charge in [-0.2, -0.15) is 5.10 Å². The monoisotopic (exact) mass is 408 g/mol. The summed E-state index contributed by atoms with van der Waals surface area (Å²) in [7, 11) is 0. The molecule has 3 heterocycles. The number of hydrogen-bond donors (Lipinski definition) is 1.